The second kappa shape index (κ2) is 7.05. The molecule has 3 N–H and O–H groups in total. The predicted octanol–water partition coefficient (Wildman–Crippen LogP) is -0.994. The number of nitrogens with zero attached hydrogens (tertiary/aromatic N) is 1. The zero-order valence-corrected chi connectivity index (χ0v) is 11.0. The third kappa shape index (κ3) is 4.84. The monoisotopic (exact) mass is 273 g/mol. The Bertz CT molecular complexity index is 360. The molecule has 3 amide bonds. The quantitative estimate of drug-likeness (QED) is 0.607. The van der Waals surface area contributed by atoms with Crippen LogP contribution in [0.1, 0.15) is 13.3 Å². The van der Waals surface area contributed by atoms with Gasteiger partial charge in [-0.25, -0.2) is 4.79 Å². The van der Waals surface area contributed by atoms with Crippen molar-refractivity contribution in [1.82, 2.24) is 15.5 Å². The van der Waals surface area contributed by atoms with E-state index in [4.69, 9.17) is 9.84 Å². The molecule has 0 bridgehead atoms. The van der Waals surface area contributed by atoms with Crippen molar-refractivity contribution in [2.75, 3.05) is 26.7 Å². The van der Waals surface area contributed by atoms with Crippen LogP contribution in [0.25, 0.3) is 0 Å². The molecule has 0 radical (unpaired) electrons. The molecule has 1 aliphatic heterocycles. The van der Waals surface area contributed by atoms with Gasteiger partial charge in [0.2, 0.25) is 5.91 Å². The van der Waals surface area contributed by atoms with Gasteiger partial charge in [-0.1, -0.05) is 0 Å². The second-order valence-electron chi connectivity index (χ2n) is 4.33. The fourth-order valence-electron chi connectivity index (χ4n) is 1.86. The van der Waals surface area contributed by atoms with Gasteiger partial charge < -0.3 is 15.2 Å². The number of hydrogen-bond acceptors (Lipinski definition) is 5. The predicted molar refractivity (Wildman–Crippen MR) is 65.6 cm³/mol. The number of imide groups is 1. The third-order valence-corrected chi connectivity index (χ3v) is 2.96. The number of ether oxygens (including phenoxy) is 1. The number of carboxylic acids is 1. The number of nitrogens with one attached hydrogen (secondary N) is 2. The average Bonchev–Trinajstić information content (AvgIpc) is 2.37. The minimum absolute atomic E-state index is 0.0969. The average molecular weight is 273 g/mol. The first-order valence-corrected chi connectivity index (χ1v) is 6.04. The van der Waals surface area contributed by atoms with Crippen molar-refractivity contribution in [1.29, 1.82) is 0 Å². The summed E-state index contributed by atoms with van der Waals surface area (Å²) in [6.07, 6.45) is -0.526. The molecule has 1 fully saturated rings. The van der Waals surface area contributed by atoms with Gasteiger partial charge >= 0.3 is 12.0 Å². The molecule has 19 heavy (non-hydrogen) atoms. The van der Waals surface area contributed by atoms with E-state index in [0.717, 1.165) is 0 Å². The maximum Gasteiger partial charge on any atom is 0.321 e. The summed E-state index contributed by atoms with van der Waals surface area (Å²) < 4.78 is 5.32. The van der Waals surface area contributed by atoms with Crippen molar-refractivity contribution < 1.29 is 24.2 Å². The minimum Gasteiger partial charge on any atom is -0.481 e. The normalized spacial score (nSPS) is 21.5. The van der Waals surface area contributed by atoms with Gasteiger partial charge in [-0.05, 0) is 6.92 Å². The van der Waals surface area contributed by atoms with E-state index in [1.807, 2.05) is 0 Å². The number of carboxylic acid groups (broad SMARTS) is 1. The fourth-order valence-corrected chi connectivity index (χ4v) is 1.86. The lowest BCUT2D eigenvalue weighted by Gasteiger charge is -2.35. The third-order valence-electron chi connectivity index (χ3n) is 2.96. The van der Waals surface area contributed by atoms with Crippen molar-refractivity contribution >= 4 is 17.9 Å². The molecule has 1 saturated heterocycles. The van der Waals surface area contributed by atoms with Gasteiger partial charge in [0.15, 0.2) is 0 Å². The zero-order chi connectivity index (χ0) is 14.4. The lowest BCUT2D eigenvalue weighted by molar-refractivity contribution is -0.143. The van der Waals surface area contributed by atoms with E-state index in [-0.39, 0.29) is 6.42 Å². The lowest BCUT2D eigenvalue weighted by atomic mass is 10.1. The topological polar surface area (TPSA) is 108 Å². The molecule has 0 saturated carbocycles. The summed E-state index contributed by atoms with van der Waals surface area (Å²) in [6.45, 7) is 2.92. The van der Waals surface area contributed by atoms with Crippen LogP contribution in [0.4, 0.5) is 4.79 Å². The van der Waals surface area contributed by atoms with E-state index in [1.54, 1.807) is 11.8 Å². The Morgan fingerprint density at radius 3 is 2.74 bits per heavy atom. The molecule has 1 rings (SSSR count). The molecule has 8 nitrogen and oxygen atoms in total. The highest BCUT2D eigenvalue weighted by molar-refractivity contribution is 5.96. The van der Waals surface area contributed by atoms with Crippen LogP contribution in [0.2, 0.25) is 0 Å². The number of morpholine rings is 1. The Morgan fingerprint density at radius 1 is 1.47 bits per heavy atom. The number of amides is 3. The molecule has 0 aromatic carbocycles. The summed E-state index contributed by atoms with van der Waals surface area (Å²) in [5.74, 6) is -1.36. The summed E-state index contributed by atoms with van der Waals surface area (Å²) in [7, 11) is 1.42. The second-order valence-corrected chi connectivity index (χ2v) is 4.33. The van der Waals surface area contributed by atoms with Gasteiger partial charge in [-0.15, -0.1) is 0 Å². The molecule has 8 heteroatoms. The van der Waals surface area contributed by atoms with Gasteiger partial charge in [-0.2, -0.15) is 0 Å². The van der Waals surface area contributed by atoms with Gasteiger partial charge in [0, 0.05) is 20.1 Å². The number of aliphatic carboxylic acids is 1. The van der Waals surface area contributed by atoms with E-state index in [9.17, 15) is 14.4 Å². The molecular formula is C11H19N3O5. The van der Waals surface area contributed by atoms with Crippen molar-refractivity contribution in [3.8, 4) is 0 Å². The van der Waals surface area contributed by atoms with Crippen LogP contribution < -0.4 is 10.6 Å². The smallest absolute Gasteiger partial charge is 0.321 e. The van der Waals surface area contributed by atoms with Crippen LogP contribution in [0.3, 0.4) is 0 Å². The number of hydrogen-bond donors (Lipinski definition) is 3. The number of carbonyl (C=O) groups excluding carboxylic acids is 2. The highest BCUT2D eigenvalue weighted by atomic mass is 16.5. The Balaban J connectivity index is 2.51. The Hall–Kier alpha value is -1.67. The number of rotatable bonds is 4. The largest absolute Gasteiger partial charge is 0.481 e. The van der Waals surface area contributed by atoms with Crippen LogP contribution in [0, 0.1) is 0 Å². The summed E-state index contributed by atoms with van der Waals surface area (Å²) in [5, 5.41) is 13.2. The summed E-state index contributed by atoms with van der Waals surface area (Å²) in [6, 6.07) is -1.08. The van der Waals surface area contributed by atoms with Gasteiger partial charge in [0.25, 0.3) is 0 Å². The van der Waals surface area contributed by atoms with Crippen molar-refractivity contribution in [3.05, 3.63) is 0 Å². The van der Waals surface area contributed by atoms with E-state index in [1.165, 1.54) is 7.05 Å². The van der Waals surface area contributed by atoms with E-state index >= 15 is 0 Å². The van der Waals surface area contributed by atoms with Gasteiger partial charge in [0.05, 0.1) is 25.2 Å². The standard InChI is InChI=1S/C11H19N3O5/c1-7(10(17)13-11(18)12-2)14-3-4-19-8(6-14)5-9(15)16/h7-8H,3-6H2,1-2H3,(H,15,16)(H2,12,13,17,18). The van der Waals surface area contributed by atoms with Crippen LogP contribution in [0.5, 0.6) is 0 Å². The fraction of sp³-hybridized carbons (Fsp3) is 0.727. The summed E-state index contributed by atoms with van der Waals surface area (Å²) >= 11 is 0. The summed E-state index contributed by atoms with van der Waals surface area (Å²) in [5.41, 5.74) is 0. The molecule has 0 aromatic heterocycles. The molecule has 2 atom stereocenters. The maximum absolute atomic E-state index is 11.8. The van der Waals surface area contributed by atoms with E-state index < -0.39 is 30.1 Å². The zero-order valence-electron chi connectivity index (χ0n) is 11.0. The number of carbonyl (C=O) groups is 3. The molecule has 0 aromatic rings. The lowest BCUT2D eigenvalue weighted by Crippen LogP contribution is -2.54. The van der Waals surface area contributed by atoms with Crippen LogP contribution in [-0.4, -0.2) is 66.8 Å². The Morgan fingerprint density at radius 2 is 2.16 bits per heavy atom. The van der Waals surface area contributed by atoms with Crippen LogP contribution >= 0.6 is 0 Å². The van der Waals surface area contributed by atoms with Crippen LogP contribution in [0.15, 0.2) is 0 Å². The Kier molecular flexibility index (Phi) is 5.71. The van der Waals surface area contributed by atoms with Crippen LogP contribution in [-0.2, 0) is 14.3 Å². The maximum atomic E-state index is 11.8. The highest BCUT2D eigenvalue weighted by Crippen LogP contribution is 2.11. The summed E-state index contributed by atoms with van der Waals surface area (Å²) in [4.78, 5) is 35.3. The van der Waals surface area contributed by atoms with Gasteiger partial charge in [-0.3, -0.25) is 19.8 Å². The first-order valence-electron chi connectivity index (χ1n) is 6.04. The molecule has 0 spiro atoms. The SMILES string of the molecule is CNC(=O)NC(=O)C(C)N1CCOC(CC(=O)O)C1. The Labute approximate surface area is 111 Å². The van der Waals surface area contributed by atoms with Crippen molar-refractivity contribution in [2.45, 2.75) is 25.5 Å². The molecule has 108 valence electrons. The molecule has 1 heterocycles. The molecule has 2 unspecified atom stereocenters. The number of urea groups is 1. The highest BCUT2D eigenvalue weighted by Gasteiger charge is 2.29. The van der Waals surface area contributed by atoms with Crippen molar-refractivity contribution in [3.63, 3.8) is 0 Å². The molecular weight excluding hydrogens is 254 g/mol. The first-order chi connectivity index (χ1) is 8.93. The molecule has 0 aliphatic carbocycles. The molecule has 1 aliphatic rings. The van der Waals surface area contributed by atoms with E-state index in [2.05, 4.69) is 10.6 Å². The van der Waals surface area contributed by atoms with Gasteiger partial charge in [0.1, 0.15) is 0 Å². The van der Waals surface area contributed by atoms with E-state index in [0.29, 0.717) is 19.7 Å². The van der Waals surface area contributed by atoms with Crippen molar-refractivity contribution in [2.24, 2.45) is 0 Å². The minimum atomic E-state index is -0.936. The first kappa shape index (κ1) is 15.4.